The molecule has 0 saturated heterocycles. The number of aliphatic carboxylic acids is 1. The number of aromatic carboxylic acids is 1. The van der Waals surface area contributed by atoms with Crippen molar-refractivity contribution in [2.45, 2.75) is 33.0 Å². The molecule has 3 aromatic rings. The van der Waals surface area contributed by atoms with Crippen LogP contribution in [-0.4, -0.2) is 51.9 Å². The molecule has 34 heavy (non-hydrogen) atoms. The van der Waals surface area contributed by atoms with E-state index in [0.717, 1.165) is 0 Å². The van der Waals surface area contributed by atoms with Crippen LogP contribution in [0.1, 0.15) is 23.0 Å². The largest absolute Gasteiger partial charge is 0.481 e. The molecule has 0 aliphatic heterocycles. The van der Waals surface area contributed by atoms with Gasteiger partial charge in [-0.1, -0.05) is 25.2 Å². The summed E-state index contributed by atoms with van der Waals surface area (Å²) >= 11 is 0. The van der Waals surface area contributed by atoms with Gasteiger partial charge in [0.2, 0.25) is 0 Å². The molecule has 11 heteroatoms. The van der Waals surface area contributed by atoms with Gasteiger partial charge in [0.25, 0.3) is 5.95 Å². The number of aromatic nitrogens is 2. The number of hydrogen-bond acceptors (Lipinski definition) is 8. The molecule has 3 rings (SSSR count). The van der Waals surface area contributed by atoms with E-state index >= 15 is 0 Å². The number of fused-ring (bicyclic) bond motifs is 1. The maximum absolute atomic E-state index is 10.7. The van der Waals surface area contributed by atoms with Gasteiger partial charge in [-0.25, -0.2) is 9.59 Å². The molecule has 0 aliphatic carbocycles. The van der Waals surface area contributed by atoms with Crippen molar-refractivity contribution in [2.24, 2.45) is 0 Å². The van der Waals surface area contributed by atoms with Gasteiger partial charge in [-0.2, -0.15) is 0 Å². The van der Waals surface area contributed by atoms with Crippen molar-refractivity contribution in [3.8, 4) is 17.6 Å². The Morgan fingerprint density at radius 1 is 1.12 bits per heavy atom. The summed E-state index contributed by atoms with van der Waals surface area (Å²) in [6.45, 7) is 9.22. The van der Waals surface area contributed by atoms with Crippen LogP contribution in [0.2, 0.25) is 19.6 Å². The first-order valence-electron chi connectivity index (χ1n) is 10.1. The van der Waals surface area contributed by atoms with Gasteiger partial charge in [0.15, 0.2) is 0 Å². The van der Waals surface area contributed by atoms with Crippen LogP contribution in [0.4, 0.5) is 0 Å². The maximum Gasteiger partial charge on any atom is 0.340 e. The normalized spacial score (nSPS) is 9.88. The van der Waals surface area contributed by atoms with Crippen LogP contribution in [0.15, 0.2) is 51.9 Å². The van der Waals surface area contributed by atoms with E-state index in [1.54, 1.807) is 18.3 Å². The lowest BCUT2D eigenvalue weighted by molar-refractivity contribution is -0.136. The molecule has 0 spiro atoms. The second-order valence-corrected chi connectivity index (χ2v) is 12.3. The fourth-order valence-electron chi connectivity index (χ4n) is 2.18. The number of hydrogen-bond donors (Lipinski definition) is 3. The van der Waals surface area contributed by atoms with E-state index in [1.165, 1.54) is 24.4 Å². The van der Waals surface area contributed by atoms with Gasteiger partial charge in [-0.05, 0) is 31.2 Å². The summed E-state index contributed by atoms with van der Waals surface area (Å²) in [5, 5.41) is 26.7. The van der Waals surface area contributed by atoms with Gasteiger partial charge in [-0.3, -0.25) is 14.8 Å². The average Bonchev–Trinajstić information content (AvgIpc) is 2.74. The minimum Gasteiger partial charge on any atom is -0.481 e. The molecule has 3 heterocycles. The van der Waals surface area contributed by atoms with Crippen LogP contribution in [0.25, 0.3) is 10.9 Å². The monoisotopic (exact) mass is 486 g/mol. The molecule has 10 nitrogen and oxygen atoms in total. The van der Waals surface area contributed by atoms with Gasteiger partial charge in [0.05, 0.1) is 41.3 Å². The molecule has 3 N–H and O–H groups in total. The Kier molecular flexibility index (Phi) is 11.0. The molecular formula is C23H26N2O8Si. The predicted octanol–water partition coefficient (Wildman–Crippen LogP) is 3.16. The number of ether oxygens (including phenoxy) is 1. The highest BCUT2D eigenvalue weighted by molar-refractivity contribution is 6.83. The van der Waals surface area contributed by atoms with Crippen LogP contribution in [0, 0.1) is 11.7 Å². The molecule has 0 unspecified atom stereocenters. The third-order valence-electron chi connectivity index (χ3n) is 3.60. The van der Waals surface area contributed by atoms with Crippen molar-refractivity contribution in [3.05, 3.63) is 64.4 Å². The number of rotatable bonds is 4. The lowest BCUT2D eigenvalue weighted by Crippen LogP contribution is -2.16. The second-order valence-electron chi connectivity index (χ2n) is 7.59. The quantitative estimate of drug-likeness (QED) is 0.369. The van der Waals surface area contributed by atoms with Gasteiger partial charge in [0, 0.05) is 12.4 Å². The first kappa shape index (κ1) is 27.9. The number of carbonyl (C=O) groups is 2. The van der Waals surface area contributed by atoms with E-state index in [0.29, 0.717) is 17.5 Å². The van der Waals surface area contributed by atoms with E-state index in [2.05, 4.69) is 45.7 Å². The summed E-state index contributed by atoms with van der Waals surface area (Å²) in [6, 6.07) is 7.29. The van der Waals surface area contributed by atoms with E-state index in [1.807, 2.05) is 6.92 Å². The number of carboxylic acid groups (broad SMARTS) is 2. The smallest absolute Gasteiger partial charge is 0.340 e. The van der Waals surface area contributed by atoms with E-state index in [4.69, 9.17) is 20.1 Å². The van der Waals surface area contributed by atoms with Crippen molar-refractivity contribution in [2.75, 3.05) is 6.61 Å². The van der Waals surface area contributed by atoms with E-state index in [-0.39, 0.29) is 23.6 Å². The van der Waals surface area contributed by atoms with Gasteiger partial charge in [0.1, 0.15) is 14.2 Å². The first-order chi connectivity index (χ1) is 15.9. The Morgan fingerprint density at radius 3 is 2.35 bits per heavy atom. The molecule has 0 aromatic carbocycles. The van der Waals surface area contributed by atoms with Gasteiger partial charge < -0.3 is 24.5 Å². The molecule has 0 fully saturated rings. The van der Waals surface area contributed by atoms with Crippen LogP contribution in [0.5, 0.6) is 5.95 Å². The molecule has 0 aliphatic rings. The van der Waals surface area contributed by atoms with Crippen molar-refractivity contribution in [1.29, 1.82) is 0 Å². The SMILES string of the molecule is CCOC#C[Si](C)(C)C.O=C(O)Cc1ncccc1C(=O)O.O=c1cc2ncccc2c(O)o1. The molecule has 180 valence electrons. The fraction of sp³-hybridized carbons (Fsp3) is 0.261. The lowest BCUT2D eigenvalue weighted by atomic mass is 10.1. The van der Waals surface area contributed by atoms with Crippen LogP contribution >= 0.6 is 0 Å². The highest BCUT2D eigenvalue weighted by Gasteiger charge is 2.12. The average molecular weight is 487 g/mol. The Labute approximate surface area is 196 Å². The molecule has 0 saturated carbocycles. The topological polar surface area (TPSA) is 160 Å². The molecule has 0 amide bonds. The number of aromatic hydroxyl groups is 1. The van der Waals surface area contributed by atoms with Crippen molar-refractivity contribution in [3.63, 3.8) is 0 Å². The van der Waals surface area contributed by atoms with Gasteiger partial charge >= 0.3 is 17.6 Å². The summed E-state index contributed by atoms with van der Waals surface area (Å²) in [4.78, 5) is 39.2. The number of nitrogens with zero attached hydrogens (tertiary/aromatic N) is 2. The minimum absolute atomic E-state index is 0.0649. The van der Waals surface area contributed by atoms with Crippen molar-refractivity contribution in [1.82, 2.24) is 9.97 Å². The lowest BCUT2D eigenvalue weighted by Gasteiger charge is -2.02. The predicted molar refractivity (Wildman–Crippen MR) is 127 cm³/mol. The molecule has 3 aromatic heterocycles. The fourth-order valence-corrected chi connectivity index (χ4v) is 2.56. The highest BCUT2D eigenvalue weighted by Crippen LogP contribution is 2.19. The standard InChI is InChI=1S/C8H7NO4.C8H5NO3.C7H14OSi/c10-7(11)4-6-5(8(12)13)2-1-3-9-6;10-7-4-6-5(8(11)12-7)2-1-3-9-6;1-5-8-6-7-9(2,3)4/h1-3H,4H2,(H,10,11)(H,12,13);1-4,11H;5H2,1-4H3. The first-order valence-corrected chi connectivity index (χ1v) is 13.6. The molecule has 0 atom stereocenters. The zero-order chi connectivity index (χ0) is 25.7. The molecule has 0 radical (unpaired) electrons. The minimum atomic E-state index is -1.18. The van der Waals surface area contributed by atoms with E-state index < -0.39 is 25.6 Å². The third kappa shape index (κ3) is 10.4. The van der Waals surface area contributed by atoms with Gasteiger partial charge in [-0.15, -0.1) is 0 Å². The Balaban J connectivity index is 0.000000260. The van der Waals surface area contributed by atoms with Crippen LogP contribution in [-0.2, 0) is 16.0 Å². The zero-order valence-corrected chi connectivity index (χ0v) is 20.2. The number of carboxylic acids is 2. The number of pyridine rings is 2. The van der Waals surface area contributed by atoms with Crippen LogP contribution in [0.3, 0.4) is 0 Å². The Bertz CT molecular complexity index is 1240. The van der Waals surface area contributed by atoms with E-state index in [9.17, 15) is 14.4 Å². The van der Waals surface area contributed by atoms with Crippen LogP contribution < -0.4 is 5.63 Å². The van der Waals surface area contributed by atoms with Crippen molar-refractivity contribution < 1.29 is 34.1 Å². The summed E-state index contributed by atoms with van der Waals surface area (Å²) < 4.78 is 9.33. The Morgan fingerprint density at radius 2 is 1.76 bits per heavy atom. The highest BCUT2D eigenvalue weighted by atomic mass is 28.3. The summed E-state index contributed by atoms with van der Waals surface area (Å²) in [6.07, 6.45) is 5.22. The van der Waals surface area contributed by atoms with Crippen molar-refractivity contribution >= 4 is 30.9 Å². The zero-order valence-electron chi connectivity index (χ0n) is 19.2. The third-order valence-corrected chi connectivity index (χ3v) is 4.45. The Hall–Kier alpha value is -4.17. The molecule has 0 bridgehead atoms. The maximum atomic E-state index is 10.7. The summed E-state index contributed by atoms with van der Waals surface area (Å²) in [7, 11) is -1.18. The summed E-state index contributed by atoms with van der Waals surface area (Å²) in [5.41, 5.74) is 2.93. The summed E-state index contributed by atoms with van der Waals surface area (Å²) in [5.74, 6) is -2.64. The second kappa shape index (κ2) is 13.4. The molecular weight excluding hydrogens is 460 g/mol.